The lowest BCUT2D eigenvalue weighted by atomic mass is 10.1. The summed E-state index contributed by atoms with van der Waals surface area (Å²) in [4.78, 5) is 22.9. The Morgan fingerprint density at radius 2 is 1.67 bits per heavy atom. The average molecular weight is 375 g/mol. The Kier molecular flexibility index (Phi) is 6.87. The van der Waals surface area contributed by atoms with E-state index in [4.69, 9.17) is 24.1 Å². The van der Waals surface area contributed by atoms with Crippen LogP contribution in [0.4, 0.5) is 5.69 Å². The summed E-state index contributed by atoms with van der Waals surface area (Å²) in [6, 6.07) is 9.90. The molecule has 0 bridgehead atoms. The zero-order chi connectivity index (χ0) is 19.8. The zero-order valence-electron chi connectivity index (χ0n) is 15.3. The Bertz CT molecular complexity index is 794. The first kappa shape index (κ1) is 19.9. The van der Waals surface area contributed by atoms with Crippen LogP contribution < -0.4 is 24.3 Å². The van der Waals surface area contributed by atoms with Crippen LogP contribution in [0.3, 0.4) is 0 Å². The van der Waals surface area contributed by atoms with Crippen LogP contribution in [0.15, 0.2) is 36.4 Å². The van der Waals surface area contributed by atoms with Crippen molar-refractivity contribution < 1.29 is 33.6 Å². The van der Waals surface area contributed by atoms with Crippen molar-refractivity contribution in [3.05, 3.63) is 42.0 Å². The highest BCUT2D eigenvalue weighted by molar-refractivity contribution is 5.92. The third kappa shape index (κ3) is 5.53. The molecule has 27 heavy (non-hydrogen) atoms. The fourth-order valence-corrected chi connectivity index (χ4v) is 2.44. The number of amides is 1. The molecule has 1 amide bonds. The van der Waals surface area contributed by atoms with Gasteiger partial charge >= 0.3 is 5.97 Å². The van der Waals surface area contributed by atoms with E-state index in [9.17, 15) is 9.59 Å². The van der Waals surface area contributed by atoms with Gasteiger partial charge in [0.25, 0.3) is 0 Å². The predicted octanol–water partition coefficient (Wildman–Crippen LogP) is 2.36. The normalized spacial score (nSPS) is 10.0. The Morgan fingerprint density at radius 1 is 1.00 bits per heavy atom. The minimum absolute atomic E-state index is 0.0803. The number of hydrogen-bond donors (Lipinski definition) is 2. The number of hydrogen-bond acceptors (Lipinski definition) is 6. The molecule has 0 saturated heterocycles. The van der Waals surface area contributed by atoms with Gasteiger partial charge in [-0.1, -0.05) is 6.07 Å². The van der Waals surface area contributed by atoms with Gasteiger partial charge in [0.15, 0.2) is 18.1 Å². The molecule has 0 aromatic heterocycles. The topological polar surface area (TPSA) is 103 Å². The molecule has 0 spiro atoms. The van der Waals surface area contributed by atoms with E-state index >= 15 is 0 Å². The average Bonchev–Trinajstić information content (AvgIpc) is 2.65. The second kappa shape index (κ2) is 9.33. The molecule has 8 nitrogen and oxygen atoms in total. The van der Waals surface area contributed by atoms with Gasteiger partial charge in [0, 0.05) is 11.8 Å². The van der Waals surface area contributed by atoms with Crippen LogP contribution in [-0.4, -0.2) is 44.9 Å². The van der Waals surface area contributed by atoms with Gasteiger partial charge < -0.3 is 29.4 Å². The largest absolute Gasteiger partial charge is 0.493 e. The van der Waals surface area contributed by atoms with Crippen LogP contribution in [-0.2, 0) is 16.0 Å². The van der Waals surface area contributed by atoms with Gasteiger partial charge in [-0.25, -0.2) is 4.79 Å². The number of rotatable bonds is 9. The van der Waals surface area contributed by atoms with E-state index in [1.54, 1.807) is 36.4 Å². The van der Waals surface area contributed by atoms with Crippen LogP contribution in [0.5, 0.6) is 23.0 Å². The molecule has 2 aromatic carbocycles. The number of aliphatic carboxylic acids is 1. The molecule has 0 fully saturated rings. The van der Waals surface area contributed by atoms with Crippen molar-refractivity contribution in [2.45, 2.75) is 6.42 Å². The van der Waals surface area contributed by atoms with E-state index in [1.807, 2.05) is 0 Å². The van der Waals surface area contributed by atoms with Crippen molar-refractivity contribution in [1.82, 2.24) is 0 Å². The number of methoxy groups -OCH3 is 3. The minimum Gasteiger partial charge on any atom is -0.493 e. The first-order valence-electron chi connectivity index (χ1n) is 8.00. The van der Waals surface area contributed by atoms with Crippen molar-refractivity contribution in [3.8, 4) is 23.0 Å². The first-order valence-corrected chi connectivity index (χ1v) is 8.00. The lowest BCUT2D eigenvalue weighted by Gasteiger charge is -2.14. The highest BCUT2D eigenvalue weighted by Crippen LogP contribution is 2.38. The third-order valence-corrected chi connectivity index (χ3v) is 3.57. The monoisotopic (exact) mass is 375 g/mol. The van der Waals surface area contributed by atoms with Gasteiger partial charge in [-0.2, -0.15) is 0 Å². The molecule has 8 heteroatoms. The third-order valence-electron chi connectivity index (χ3n) is 3.57. The van der Waals surface area contributed by atoms with E-state index in [1.165, 1.54) is 21.3 Å². The highest BCUT2D eigenvalue weighted by atomic mass is 16.5. The van der Waals surface area contributed by atoms with E-state index < -0.39 is 12.6 Å². The van der Waals surface area contributed by atoms with E-state index in [0.717, 1.165) is 0 Å². The predicted molar refractivity (Wildman–Crippen MR) is 98.0 cm³/mol. The second-order valence-corrected chi connectivity index (χ2v) is 5.47. The molecular formula is C19H21NO7. The Morgan fingerprint density at radius 3 is 2.22 bits per heavy atom. The van der Waals surface area contributed by atoms with Gasteiger partial charge in [-0.15, -0.1) is 0 Å². The Labute approximate surface area is 156 Å². The van der Waals surface area contributed by atoms with E-state index in [0.29, 0.717) is 34.2 Å². The number of benzene rings is 2. The summed E-state index contributed by atoms with van der Waals surface area (Å²) in [7, 11) is 4.51. The van der Waals surface area contributed by atoms with Gasteiger partial charge in [-0.3, -0.25) is 4.79 Å². The summed E-state index contributed by atoms with van der Waals surface area (Å²) in [5.74, 6) is 0.384. The van der Waals surface area contributed by atoms with Crippen molar-refractivity contribution >= 4 is 17.6 Å². The molecule has 0 aliphatic carbocycles. The summed E-state index contributed by atoms with van der Waals surface area (Å²) in [6.07, 6.45) is 0.0803. The number of carbonyl (C=O) groups excluding carboxylic acids is 1. The number of carboxylic acid groups (broad SMARTS) is 1. The number of anilines is 1. The smallest absolute Gasteiger partial charge is 0.341 e. The van der Waals surface area contributed by atoms with E-state index in [-0.39, 0.29) is 12.3 Å². The van der Waals surface area contributed by atoms with Crippen molar-refractivity contribution in [3.63, 3.8) is 0 Å². The zero-order valence-corrected chi connectivity index (χ0v) is 15.3. The maximum absolute atomic E-state index is 12.4. The lowest BCUT2D eigenvalue weighted by molar-refractivity contribution is -0.139. The lowest BCUT2D eigenvalue weighted by Crippen LogP contribution is -2.15. The summed E-state index contributed by atoms with van der Waals surface area (Å²) in [5, 5.41) is 11.4. The molecular weight excluding hydrogens is 354 g/mol. The number of carboxylic acids is 1. The standard InChI is InChI=1S/C19H21NO7/c1-24-15-7-12(8-16(25-2)19(15)26-3)9-17(21)20-13-5-4-6-14(10-13)27-11-18(22)23/h4-8,10H,9,11H2,1-3H3,(H,20,21)(H,22,23). The molecule has 144 valence electrons. The van der Waals surface area contributed by atoms with E-state index in [2.05, 4.69) is 5.32 Å². The molecule has 0 aliphatic rings. The number of carbonyl (C=O) groups is 2. The van der Waals surface area contributed by atoms with Crippen LogP contribution in [0.25, 0.3) is 0 Å². The minimum atomic E-state index is -1.08. The van der Waals surface area contributed by atoms with Crippen LogP contribution in [0.2, 0.25) is 0 Å². The summed E-state index contributed by atoms with van der Waals surface area (Å²) >= 11 is 0. The maximum Gasteiger partial charge on any atom is 0.341 e. The molecule has 0 radical (unpaired) electrons. The van der Waals surface area contributed by atoms with Crippen molar-refractivity contribution in [2.24, 2.45) is 0 Å². The number of ether oxygens (including phenoxy) is 4. The molecule has 0 aliphatic heterocycles. The Balaban J connectivity index is 2.09. The molecule has 0 saturated carbocycles. The van der Waals surface area contributed by atoms with Crippen molar-refractivity contribution in [1.29, 1.82) is 0 Å². The molecule has 2 aromatic rings. The van der Waals surface area contributed by atoms with Gasteiger partial charge in [0.2, 0.25) is 11.7 Å². The molecule has 0 heterocycles. The molecule has 2 rings (SSSR count). The summed E-state index contributed by atoms with van der Waals surface area (Å²) in [5.41, 5.74) is 1.18. The molecule has 0 atom stereocenters. The van der Waals surface area contributed by atoms with Gasteiger partial charge in [-0.05, 0) is 29.8 Å². The summed E-state index contributed by atoms with van der Waals surface area (Å²) < 4.78 is 20.9. The second-order valence-electron chi connectivity index (χ2n) is 5.47. The first-order chi connectivity index (χ1) is 13.0. The number of nitrogens with one attached hydrogen (secondary N) is 1. The van der Waals surface area contributed by atoms with Crippen LogP contribution >= 0.6 is 0 Å². The fraction of sp³-hybridized carbons (Fsp3) is 0.263. The van der Waals surface area contributed by atoms with Gasteiger partial charge in [0.05, 0.1) is 27.8 Å². The van der Waals surface area contributed by atoms with Crippen molar-refractivity contribution in [2.75, 3.05) is 33.3 Å². The fourth-order valence-electron chi connectivity index (χ4n) is 2.44. The van der Waals surface area contributed by atoms with Crippen LogP contribution in [0, 0.1) is 0 Å². The van der Waals surface area contributed by atoms with Crippen LogP contribution in [0.1, 0.15) is 5.56 Å². The molecule has 0 unspecified atom stereocenters. The van der Waals surface area contributed by atoms with Gasteiger partial charge in [0.1, 0.15) is 5.75 Å². The maximum atomic E-state index is 12.4. The Hall–Kier alpha value is -3.42. The summed E-state index contributed by atoms with van der Waals surface area (Å²) in [6.45, 7) is -0.456. The molecule has 2 N–H and O–H groups in total. The quantitative estimate of drug-likeness (QED) is 0.693. The highest BCUT2D eigenvalue weighted by Gasteiger charge is 2.15. The SMILES string of the molecule is COc1cc(CC(=O)Nc2cccc(OCC(=O)O)c2)cc(OC)c1OC.